The molecular formula is C14H13NO4. The number of hydrogen-bond acceptors (Lipinski definition) is 5. The molecule has 0 saturated heterocycles. The maximum Gasteiger partial charge on any atom is 0.151 e. The molecule has 0 unspecified atom stereocenters. The fraction of sp³-hybridized carbons (Fsp3) is 0.214. The van der Waals surface area contributed by atoms with Crippen molar-refractivity contribution in [3.05, 3.63) is 47.8 Å². The highest BCUT2D eigenvalue weighted by atomic mass is 16.5. The standard InChI is InChI=1S/C14H13NO4/c16-9-4-11(17)10-6-12(18)14(19-13(10)5-9)8-2-1-3-15-7-8/h1-5,7,12,14,16-18H,6H2/t12-,14-/m0/s1. The molecule has 0 saturated carbocycles. The van der Waals surface area contributed by atoms with Crippen LogP contribution in [0.15, 0.2) is 36.7 Å². The van der Waals surface area contributed by atoms with Gasteiger partial charge in [-0.2, -0.15) is 0 Å². The number of nitrogens with zero attached hydrogens (tertiary/aromatic N) is 1. The summed E-state index contributed by atoms with van der Waals surface area (Å²) in [6.07, 6.45) is 2.21. The maximum absolute atomic E-state index is 10.1. The number of benzene rings is 1. The molecule has 0 radical (unpaired) electrons. The molecule has 5 nitrogen and oxygen atoms in total. The Morgan fingerprint density at radius 1 is 1.26 bits per heavy atom. The number of aromatic nitrogens is 1. The molecule has 1 aliphatic rings. The summed E-state index contributed by atoms with van der Waals surface area (Å²) in [6.45, 7) is 0. The fourth-order valence-corrected chi connectivity index (χ4v) is 2.29. The first-order chi connectivity index (χ1) is 9.15. The Kier molecular flexibility index (Phi) is 2.76. The quantitative estimate of drug-likeness (QED) is 0.723. The van der Waals surface area contributed by atoms with E-state index in [1.165, 1.54) is 12.1 Å². The van der Waals surface area contributed by atoms with Crippen LogP contribution >= 0.6 is 0 Å². The molecule has 2 atom stereocenters. The van der Waals surface area contributed by atoms with Gasteiger partial charge in [0, 0.05) is 42.1 Å². The van der Waals surface area contributed by atoms with Crippen LogP contribution in [0.4, 0.5) is 0 Å². The molecule has 0 fully saturated rings. The van der Waals surface area contributed by atoms with Crippen LogP contribution in [0.2, 0.25) is 0 Å². The van der Waals surface area contributed by atoms with Crippen molar-refractivity contribution in [1.29, 1.82) is 0 Å². The van der Waals surface area contributed by atoms with Crippen LogP contribution in [0, 0.1) is 0 Å². The van der Waals surface area contributed by atoms with Gasteiger partial charge in [-0.1, -0.05) is 6.07 Å². The number of rotatable bonds is 1. The van der Waals surface area contributed by atoms with Gasteiger partial charge >= 0.3 is 0 Å². The van der Waals surface area contributed by atoms with Gasteiger partial charge < -0.3 is 20.1 Å². The number of fused-ring (bicyclic) bond motifs is 1. The van der Waals surface area contributed by atoms with Gasteiger partial charge in [-0.15, -0.1) is 0 Å². The van der Waals surface area contributed by atoms with Crippen molar-refractivity contribution in [1.82, 2.24) is 4.98 Å². The van der Waals surface area contributed by atoms with Crippen LogP contribution in [-0.2, 0) is 6.42 Å². The van der Waals surface area contributed by atoms with E-state index in [2.05, 4.69) is 4.98 Å². The number of phenolic OH excluding ortho intramolecular Hbond substituents is 2. The van der Waals surface area contributed by atoms with E-state index in [1.807, 2.05) is 6.07 Å². The highest BCUT2D eigenvalue weighted by Crippen LogP contribution is 2.41. The lowest BCUT2D eigenvalue weighted by Gasteiger charge is -2.31. The second-order valence-corrected chi connectivity index (χ2v) is 4.54. The van der Waals surface area contributed by atoms with Crippen LogP contribution in [0.25, 0.3) is 0 Å². The van der Waals surface area contributed by atoms with Crippen molar-refractivity contribution in [2.75, 3.05) is 0 Å². The molecule has 98 valence electrons. The Labute approximate surface area is 109 Å². The Balaban J connectivity index is 2.00. The van der Waals surface area contributed by atoms with Gasteiger partial charge in [0.05, 0.1) is 6.10 Å². The normalized spacial score (nSPS) is 21.5. The summed E-state index contributed by atoms with van der Waals surface area (Å²) < 4.78 is 5.68. The molecular weight excluding hydrogens is 246 g/mol. The van der Waals surface area contributed by atoms with Crippen molar-refractivity contribution in [3.8, 4) is 17.2 Å². The van der Waals surface area contributed by atoms with Gasteiger partial charge in [0.1, 0.15) is 17.2 Å². The SMILES string of the molecule is Oc1cc(O)c2c(c1)O[C@@H](c1cccnc1)[C@@H](O)C2. The van der Waals surface area contributed by atoms with Crippen molar-refractivity contribution >= 4 is 0 Å². The Hall–Kier alpha value is -2.27. The zero-order valence-corrected chi connectivity index (χ0v) is 10.0. The van der Waals surface area contributed by atoms with Gasteiger partial charge in [-0.05, 0) is 6.07 Å². The third kappa shape index (κ3) is 2.08. The fourth-order valence-electron chi connectivity index (χ4n) is 2.29. The number of aromatic hydroxyl groups is 2. The third-order valence-corrected chi connectivity index (χ3v) is 3.20. The third-order valence-electron chi connectivity index (χ3n) is 3.20. The van der Waals surface area contributed by atoms with E-state index in [4.69, 9.17) is 4.74 Å². The molecule has 1 aromatic carbocycles. The summed E-state index contributed by atoms with van der Waals surface area (Å²) in [5.74, 6) is 0.243. The van der Waals surface area contributed by atoms with E-state index >= 15 is 0 Å². The first-order valence-corrected chi connectivity index (χ1v) is 5.94. The van der Waals surface area contributed by atoms with Crippen LogP contribution in [0.3, 0.4) is 0 Å². The van der Waals surface area contributed by atoms with E-state index in [0.29, 0.717) is 11.3 Å². The van der Waals surface area contributed by atoms with Gasteiger partial charge in [0.2, 0.25) is 0 Å². The molecule has 1 aliphatic heterocycles. The first-order valence-electron chi connectivity index (χ1n) is 5.94. The highest BCUT2D eigenvalue weighted by molar-refractivity contribution is 5.51. The lowest BCUT2D eigenvalue weighted by Crippen LogP contribution is -2.30. The molecule has 3 N–H and O–H groups in total. The smallest absolute Gasteiger partial charge is 0.151 e. The molecule has 1 aromatic heterocycles. The zero-order chi connectivity index (χ0) is 13.4. The van der Waals surface area contributed by atoms with Crippen molar-refractivity contribution in [3.63, 3.8) is 0 Å². The van der Waals surface area contributed by atoms with E-state index < -0.39 is 12.2 Å². The summed E-state index contributed by atoms with van der Waals surface area (Å²) in [5, 5.41) is 29.4. The average Bonchev–Trinajstić information content (AvgIpc) is 2.40. The summed E-state index contributed by atoms with van der Waals surface area (Å²) in [6, 6.07) is 6.25. The molecule has 5 heteroatoms. The van der Waals surface area contributed by atoms with Crippen molar-refractivity contribution in [2.45, 2.75) is 18.6 Å². The number of phenols is 2. The zero-order valence-electron chi connectivity index (χ0n) is 10.0. The average molecular weight is 259 g/mol. The van der Waals surface area contributed by atoms with Gasteiger partial charge in [0.25, 0.3) is 0 Å². The van der Waals surface area contributed by atoms with Crippen LogP contribution in [0.1, 0.15) is 17.2 Å². The van der Waals surface area contributed by atoms with E-state index in [9.17, 15) is 15.3 Å². The number of pyridine rings is 1. The predicted octanol–water partition coefficient (Wildman–Crippen LogP) is 1.53. The topological polar surface area (TPSA) is 82.8 Å². The summed E-state index contributed by atoms with van der Waals surface area (Å²) in [4.78, 5) is 4.00. The minimum atomic E-state index is -0.771. The number of aliphatic hydroxyl groups excluding tert-OH is 1. The van der Waals surface area contributed by atoms with Crippen LogP contribution < -0.4 is 4.74 Å². The summed E-state index contributed by atoms with van der Waals surface area (Å²) >= 11 is 0. The number of hydrogen-bond donors (Lipinski definition) is 3. The molecule has 19 heavy (non-hydrogen) atoms. The predicted molar refractivity (Wildman–Crippen MR) is 67.1 cm³/mol. The molecule has 0 spiro atoms. The molecule has 2 heterocycles. The van der Waals surface area contributed by atoms with Gasteiger partial charge in [-0.3, -0.25) is 4.98 Å². The second kappa shape index (κ2) is 4.44. The molecule has 0 aliphatic carbocycles. The lowest BCUT2D eigenvalue weighted by molar-refractivity contribution is 0.0196. The number of aliphatic hydroxyl groups is 1. The molecule has 0 amide bonds. The molecule has 0 bridgehead atoms. The highest BCUT2D eigenvalue weighted by Gasteiger charge is 2.31. The Morgan fingerprint density at radius 3 is 2.84 bits per heavy atom. The first kappa shape index (κ1) is 11.8. The molecule has 3 rings (SSSR count). The minimum Gasteiger partial charge on any atom is -0.508 e. The largest absolute Gasteiger partial charge is 0.508 e. The maximum atomic E-state index is 10.1. The lowest BCUT2D eigenvalue weighted by atomic mass is 9.95. The van der Waals surface area contributed by atoms with Crippen LogP contribution in [0.5, 0.6) is 17.2 Å². The van der Waals surface area contributed by atoms with Crippen LogP contribution in [-0.4, -0.2) is 26.4 Å². The Morgan fingerprint density at radius 2 is 2.11 bits per heavy atom. The second-order valence-electron chi connectivity index (χ2n) is 4.54. The van der Waals surface area contributed by atoms with E-state index in [-0.39, 0.29) is 17.9 Å². The van der Waals surface area contributed by atoms with Crippen molar-refractivity contribution < 1.29 is 20.1 Å². The number of ether oxygens (including phenoxy) is 1. The van der Waals surface area contributed by atoms with Gasteiger partial charge in [0.15, 0.2) is 6.10 Å². The summed E-state index contributed by atoms with van der Waals surface area (Å²) in [5.41, 5.74) is 1.26. The van der Waals surface area contributed by atoms with E-state index in [1.54, 1.807) is 18.5 Å². The van der Waals surface area contributed by atoms with E-state index in [0.717, 1.165) is 5.56 Å². The Bertz CT molecular complexity index is 600. The summed E-state index contributed by atoms with van der Waals surface area (Å²) in [7, 11) is 0. The van der Waals surface area contributed by atoms with Crippen molar-refractivity contribution in [2.24, 2.45) is 0 Å². The minimum absolute atomic E-state index is 0.0707. The van der Waals surface area contributed by atoms with Gasteiger partial charge in [-0.25, -0.2) is 0 Å². The molecule has 2 aromatic rings. The monoisotopic (exact) mass is 259 g/mol.